The molecular weight excluding hydrogens is 1190 g/mol. The molecule has 1 spiro atoms. The lowest BCUT2D eigenvalue weighted by atomic mass is 9.81. The number of aryl methyl sites for hydroxylation is 1. The molecule has 0 radical (unpaired) electrons. The quantitative estimate of drug-likeness (QED) is 0.263. The third kappa shape index (κ3) is 18.6. The van der Waals surface area contributed by atoms with E-state index in [9.17, 15) is 61.1 Å². The van der Waals surface area contributed by atoms with E-state index in [-0.39, 0.29) is 63.8 Å². The van der Waals surface area contributed by atoms with Crippen LogP contribution in [0.3, 0.4) is 0 Å². The normalized spacial score (nSPS) is 26.2. The van der Waals surface area contributed by atoms with Crippen LogP contribution in [0.1, 0.15) is 156 Å². The summed E-state index contributed by atoms with van der Waals surface area (Å²) in [6.07, 6.45) is 1.13. The van der Waals surface area contributed by atoms with Crippen LogP contribution in [0.4, 0.5) is 13.2 Å². The minimum Gasteiger partial charge on any atom is -0.343 e. The van der Waals surface area contributed by atoms with E-state index in [0.29, 0.717) is 43.6 Å². The Kier molecular flexibility index (Phi) is 26.5. The SMILES string of the molecule is CCC(C)[C@@H]1NC(=O)[C@H](CC(C)C)N(C)C(=O)C[C@@H](C)N(C)C(=O)[C@H](C(C)C)N(C)C(=O)C2(CCCC2)NC(=O)[C@@H]2CCCN2C(=O)[C@H](CCc2ccc(C(F)(F)F)c(Cl)c2)NC(=O)CN(C)C(=O)[C@H](CCC2CCC2)N(C)C(=O)CN(C)C(=O)CN(C)C1=O. The highest BCUT2D eigenvalue weighted by Gasteiger charge is 2.50. The van der Waals surface area contributed by atoms with Crippen molar-refractivity contribution in [3.8, 4) is 0 Å². The molecule has 0 aromatic heterocycles. The van der Waals surface area contributed by atoms with E-state index >= 15 is 4.79 Å². The molecule has 90 heavy (non-hydrogen) atoms. The topological polar surface area (TPSA) is 250 Å². The fraction of sp³-hybridized carbons (Fsp3) is 0.734. The van der Waals surface area contributed by atoms with Gasteiger partial charge in [0, 0.05) is 68.3 Å². The minimum absolute atomic E-state index is 0.0598. The van der Waals surface area contributed by atoms with Crippen molar-refractivity contribution < 1.29 is 65.9 Å². The number of halogens is 4. The average molecular weight is 1290 g/mol. The summed E-state index contributed by atoms with van der Waals surface area (Å²) in [4.78, 5) is 170. The maximum Gasteiger partial charge on any atom is 0.417 e. The Bertz CT molecular complexity index is 2780. The molecule has 4 aliphatic rings. The zero-order valence-electron chi connectivity index (χ0n) is 55.3. The number of fused-ring (bicyclic) bond motifs is 1. The predicted octanol–water partition coefficient (Wildman–Crippen LogP) is 5.12. The number of carbonyl (C=O) groups is 11. The standard InChI is InChI=1S/C64H99ClF3N11O11/c1-15-40(6)54-60(88)74(10)36-52(82)72(8)37-53(83)76(12)48(28-25-42-20-18-21-42)59(87)73(9)35-50(80)69-46(27-24-43-23-26-44(45(65)34-43)64(66,67)68)58(86)79-31-19-22-47(79)57(85)71-63(29-16-17-30-63)62(90)78(14)55(39(4)5)61(89)75(11)41(7)33-51(81)77(13)49(32-38(2)3)56(84)70-54/h23,26,34,38-42,46-49,54-55H,15-22,24-25,27-33,35-37H2,1-14H3,(H,69,80)(H,70,84)(H,71,85)/t40?,41-,46+,47+,48+,49+,54+,55+/m1/s1. The molecule has 1 unspecified atom stereocenters. The van der Waals surface area contributed by atoms with Crippen molar-refractivity contribution in [3.05, 3.63) is 34.3 Å². The number of rotatable bonds is 11. The summed E-state index contributed by atoms with van der Waals surface area (Å²) >= 11 is 6.11. The van der Waals surface area contributed by atoms with Crippen LogP contribution in [0.15, 0.2) is 18.2 Å². The molecule has 0 bridgehead atoms. The Labute approximate surface area is 534 Å². The molecule has 2 saturated heterocycles. The van der Waals surface area contributed by atoms with Gasteiger partial charge in [-0.05, 0) is 106 Å². The van der Waals surface area contributed by atoms with E-state index in [0.717, 1.165) is 46.1 Å². The lowest BCUT2D eigenvalue weighted by molar-refractivity contribution is -0.152. The summed E-state index contributed by atoms with van der Waals surface area (Å²) < 4.78 is 41.3. The molecule has 22 nitrogen and oxygen atoms in total. The van der Waals surface area contributed by atoms with Gasteiger partial charge in [-0.1, -0.05) is 97.7 Å². The van der Waals surface area contributed by atoms with Gasteiger partial charge in [0.2, 0.25) is 65.0 Å². The number of hydrogen-bond donors (Lipinski definition) is 3. The summed E-state index contributed by atoms with van der Waals surface area (Å²) in [5.74, 6) is -7.43. The van der Waals surface area contributed by atoms with Crippen LogP contribution in [-0.2, 0) is 65.3 Å². The number of nitrogens with one attached hydrogen (secondary N) is 3. The van der Waals surface area contributed by atoms with Gasteiger partial charge in [0.1, 0.15) is 41.8 Å². The molecule has 5 rings (SSSR count). The van der Waals surface area contributed by atoms with Crippen LogP contribution in [-0.4, -0.2) is 228 Å². The number of likely N-dealkylation sites (N-methyl/N-ethyl adjacent to an activating group) is 7. The van der Waals surface area contributed by atoms with Crippen molar-refractivity contribution in [2.75, 3.05) is 75.5 Å². The molecule has 2 aliphatic carbocycles. The van der Waals surface area contributed by atoms with E-state index in [1.807, 2.05) is 20.8 Å². The molecule has 1 aromatic rings. The second kappa shape index (κ2) is 32.2. The van der Waals surface area contributed by atoms with Crippen LogP contribution in [0, 0.1) is 23.7 Å². The van der Waals surface area contributed by atoms with Crippen LogP contribution >= 0.6 is 11.6 Å². The third-order valence-corrected chi connectivity index (χ3v) is 19.3. The van der Waals surface area contributed by atoms with Crippen molar-refractivity contribution in [2.24, 2.45) is 23.7 Å². The number of alkyl halides is 3. The first kappa shape index (κ1) is 74.2. The molecule has 26 heteroatoms. The van der Waals surface area contributed by atoms with Crippen LogP contribution < -0.4 is 16.0 Å². The Hall–Kier alpha value is -6.53. The van der Waals surface area contributed by atoms with Gasteiger partial charge in [-0.2, -0.15) is 13.2 Å². The van der Waals surface area contributed by atoms with Gasteiger partial charge in [-0.3, -0.25) is 52.7 Å². The molecule has 11 amide bonds. The maximum absolute atomic E-state index is 15.1. The van der Waals surface area contributed by atoms with Gasteiger partial charge >= 0.3 is 6.18 Å². The lowest BCUT2D eigenvalue weighted by Gasteiger charge is -2.41. The summed E-state index contributed by atoms with van der Waals surface area (Å²) in [7, 11) is 10.1. The highest BCUT2D eigenvalue weighted by Crippen LogP contribution is 2.37. The van der Waals surface area contributed by atoms with Crippen molar-refractivity contribution in [1.29, 1.82) is 0 Å². The lowest BCUT2D eigenvalue weighted by Crippen LogP contribution is -2.64. The van der Waals surface area contributed by atoms with Gasteiger partial charge in [-0.15, -0.1) is 0 Å². The minimum atomic E-state index is -4.74. The first-order chi connectivity index (χ1) is 42.0. The monoisotopic (exact) mass is 1290 g/mol. The summed E-state index contributed by atoms with van der Waals surface area (Å²) in [5, 5.41) is 8.07. The number of amides is 11. The number of carbonyl (C=O) groups excluding carboxylic acids is 11. The smallest absolute Gasteiger partial charge is 0.343 e. The van der Waals surface area contributed by atoms with Crippen molar-refractivity contribution in [1.82, 2.24) is 55.1 Å². The average Bonchev–Trinajstić information content (AvgIpc) is 1.50. The zero-order chi connectivity index (χ0) is 67.4. The molecule has 504 valence electrons. The maximum atomic E-state index is 15.1. The Morgan fingerprint density at radius 1 is 0.644 bits per heavy atom. The fourth-order valence-electron chi connectivity index (χ4n) is 12.7. The van der Waals surface area contributed by atoms with Crippen molar-refractivity contribution in [3.63, 3.8) is 0 Å². The van der Waals surface area contributed by atoms with Gasteiger partial charge < -0.3 is 55.1 Å². The number of nitrogens with zero attached hydrogens (tertiary/aromatic N) is 8. The van der Waals surface area contributed by atoms with Crippen LogP contribution in [0.2, 0.25) is 5.02 Å². The van der Waals surface area contributed by atoms with Crippen molar-refractivity contribution in [2.45, 2.75) is 205 Å². The second-order valence-corrected chi connectivity index (χ2v) is 27.0. The van der Waals surface area contributed by atoms with Gasteiger partial charge in [-0.25, -0.2) is 0 Å². The molecule has 2 heterocycles. The van der Waals surface area contributed by atoms with E-state index in [1.165, 1.54) is 79.9 Å². The second-order valence-electron chi connectivity index (χ2n) is 26.6. The van der Waals surface area contributed by atoms with E-state index in [2.05, 4.69) is 16.0 Å². The number of hydrogen-bond acceptors (Lipinski definition) is 11. The Morgan fingerprint density at radius 2 is 1.26 bits per heavy atom. The molecule has 4 fully saturated rings. The van der Waals surface area contributed by atoms with E-state index in [4.69, 9.17) is 11.6 Å². The highest BCUT2D eigenvalue weighted by atomic mass is 35.5. The molecular formula is C64H99ClF3N11O11. The van der Waals surface area contributed by atoms with Crippen molar-refractivity contribution >= 4 is 76.6 Å². The van der Waals surface area contributed by atoms with Gasteiger partial charge in [0.15, 0.2) is 0 Å². The first-order valence-corrected chi connectivity index (χ1v) is 32.3. The summed E-state index contributed by atoms with van der Waals surface area (Å²) in [5.41, 5.74) is -2.25. The molecule has 3 N–H and O–H groups in total. The zero-order valence-corrected chi connectivity index (χ0v) is 56.1. The molecule has 1 aromatic carbocycles. The summed E-state index contributed by atoms with van der Waals surface area (Å²) in [6.45, 7) is 11.1. The first-order valence-electron chi connectivity index (χ1n) is 31.9. The van der Waals surface area contributed by atoms with Crippen LogP contribution in [0.5, 0.6) is 0 Å². The fourth-order valence-corrected chi connectivity index (χ4v) is 13.0. The van der Waals surface area contributed by atoms with E-state index < -0.39 is 161 Å². The molecule has 2 saturated carbocycles. The largest absolute Gasteiger partial charge is 0.417 e. The van der Waals surface area contributed by atoms with Crippen LogP contribution in [0.25, 0.3) is 0 Å². The third-order valence-electron chi connectivity index (χ3n) is 19.0. The van der Waals surface area contributed by atoms with Gasteiger partial charge in [0.25, 0.3) is 0 Å². The Balaban J connectivity index is 1.55. The highest BCUT2D eigenvalue weighted by molar-refractivity contribution is 6.31. The van der Waals surface area contributed by atoms with Gasteiger partial charge in [0.05, 0.1) is 30.2 Å². The predicted molar refractivity (Wildman–Crippen MR) is 332 cm³/mol. The summed E-state index contributed by atoms with van der Waals surface area (Å²) in [6, 6.07) is -4.52. The molecule has 8 atom stereocenters. The number of benzene rings is 1. The Morgan fingerprint density at radius 3 is 1.82 bits per heavy atom. The van der Waals surface area contributed by atoms with E-state index in [1.54, 1.807) is 27.7 Å². The molecule has 2 aliphatic heterocycles.